The summed E-state index contributed by atoms with van der Waals surface area (Å²) in [5.74, 6) is 0.0755. The first-order valence-electron chi connectivity index (χ1n) is 8.35. The van der Waals surface area contributed by atoms with Gasteiger partial charge in [0, 0.05) is 13.1 Å². The molecule has 1 aliphatic carbocycles. The molecule has 2 fully saturated rings. The van der Waals surface area contributed by atoms with Crippen molar-refractivity contribution in [3.63, 3.8) is 0 Å². The summed E-state index contributed by atoms with van der Waals surface area (Å²) in [5, 5.41) is 6.42. The Labute approximate surface area is 144 Å². The van der Waals surface area contributed by atoms with Gasteiger partial charge < -0.3 is 15.4 Å². The minimum absolute atomic E-state index is 0. The summed E-state index contributed by atoms with van der Waals surface area (Å²) in [6.45, 7) is 4.16. The third-order valence-corrected chi connectivity index (χ3v) is 5.07. The highest BCUT2D eigenvalue weighted by Crippen LogP contribution is 2.43. The summed E-state index contributed by atoms with van der Waals surface area (Å²) in [5.41, 5.74) is 1.61. The monoisotopic (exact) mass is 338 g/mol. The highest BCUT2D eigenvalue weighted by molar-refractivity contribution is 5.85. The van der Waals surface area contributed by atoms with E-state index in [0.29, 0.717) is 6.61 Å². The average Bonchev–Trinajstić information content (AvgIpc) is 2.51. The smallest absolute Gasteiger partial charge is 0.239 e. The molecule has 1 aliphatic heterocycles. The second-order valence-electron chi connectivity index (χ2n) is 6.74. The van der Waals surface area contributed by atoms with E-state index in [9.17, 15) is 4.79 Å². The van der Waals surface area contributed by atoms with Gasteiger partial charge in [-0.3, -0.25) is 4.79 Å². The van der Waals surface area contributed by atoms with Crippen molar-refractivity contribution in [1.82, 2.24) is 10.6 Å². The Morgan fingerprint density at radius 1 is 1.35 bits per heavy atom. The molecule has 0 aromatic heterocycles. The fourth-order valence-electron chi connectivity index (χ4n) is 3.53. The number of ether oxygens (including phenoxy) is 1. The highest BCUT2D eigenvalue weighted by Gasteiger charge is 2.38. The molecule has 0 radical (unpaired) electrons. The molecule has 1 aromatic carbocycles. The van der Waals surface area contributed by atoms with Crippen LogP contribution in [0.1, 0.15) is 31.7 Å². The van der Waals surface area contributed by atoms with Crippen molar-refractivity contribution in [2.45, 2.75) is 44.8 Å². The van der Waals surface area contributed by atoms with Crippen LogP contribution in [0.3, 0.4) is 0 Å². The maximum atomic E-state index is 12.4. The van der Waals surface area contributed by atoms with Gasteiger partial charge in [-0.1, -0.05) is 36.8 Å². The molecule has 1 heterocycles. The number of carbonyl (C=O) groups is 1. The fraction of sp³-hybridized carbons (Fsp3) is 0.611. The van der Waals surface area contributed by atoms with E-state index in [2.05, 4.69) is 41.0 Å². The Bertz CT molecular complexity index is 505. The molecular formula is C18H27ClN2O2. The van der Waals surface area contributed by atoms with Crippen LogP contribution in [0.15, 0.2) is 30.3 Å². The Balaban J connectivity index is 0.00000192. The van der Waals surface area contributed by atoms with Crippen molar-refractivity contribution in [1.29, 1.82) is 0 Å². The standard InChI is InChI=1S/C18H26N2O2.ClH/c1-14-16(19-10-11-22-14)17(21)20-13-18(8-5-9-18)12-15-6-3-2-4-7-15;/h2-4,6-7,14,16,19H,5,8-13H2,1H3,(H,20,21);1H/t14-,16+;/m1./s1. The van der Waals surface area contributed by atoms with Gasteiger partial charge >= 0.3 is 0 Å². The third-order valence-electron chi connectivity index (χ3n) is 5.07. The first kappa shape index (κ1) is 18.2. The predicted molar refractivity (Wildman–Crippen MR) is 93.9 cm³/mol. The van der Waals surface area contributed by atoms with E-state index in [1.54, 1.807) is 0 Å². The van der Waals surface area contributed by atoms with Crippen molar-refractivity contribution in [2.75, 3.05) is 19.7 Å². The molecule has 0 unspecified atom stereocenters. The SMILES string of the molecule is C[C@H]1OCCN[C@@H]1C(=O)NCC1(Cc2ccccc2)CCC1.Cl. The fourth-order valence-corrected chi connectivity index (χ4v) is 3.53. The van der Waals surface area contributed by atoms with E-state index >= 15 is 0 Å². The number of benzene rings is 1. The zero-order valence-electron chi connectivity index (χ0n) is 13.7. The summed E-state index contributed by atoms with van der Waals surface area (Å²) in [6.07, 6.45) is 4.67. The molecule has 2 atom stereocenters. The minimum Gasteiger partial charge on any atom is -0.375 e. The first-order chi connectivity index (χ1) is 10.7. The molecule has 5 heteroatoms. The van der Waals surface area contributed by atoms with Crippen molar-refractivity contribution in [3.05, 3.63) is 35.9 Å². The van der Waals surface area contributed by atoms with Crippen molar-refractivity contribution in [3.8, 4) is 0 Å². The number of halogens is 1. The molecule has 1 aromatic rings. The number of hydrogen-bond acceptors (Lipinski definition) is 3. The van der Waals surface area contributed by atoms with Crippen LogP contribution >= 0.6 is 12.4 Å². The predicted octanol–water partition coefficient (Wildman–Crippen LogP) is 2.31. The van der Waals surface area contributed by atoms with Crippen LogP contribution in [0.5, 0.6) is 0 Å². The van der Waals surface area contributed by atoms with Crippen LogP contribution in [-0.2, 0) is 16.0 Å². The molecule has 2 aliphatic rings. The average molecular weight is 339 g/mol. The van der Waals surface area contributed by atoms with Gasteiger partial charge in [-0.25, -0.2) is 0 Å². The van der Waals surface area contributed by atoms with E-state index in [0.717, 1.165) is 19.5 Å². The Morgan fingerprint density at radius 3 is 2.70 bits per heavy atom. The van der Waals surface area contributed by atoms with Crippen LogP contribution < -0.4 is 10.6 Å². The minimum atomic E-state index is -0.220. The second-order valence-corrected chi connectivity index (χ2v) is 6.74. The number of rotatable bonds is 5. The number of amides is 1. The zero-order chi connectivity index (χ0) is 15.4. The maximum Gasteiger partial charge on any atom is 0.239 e. The summed E-state index contributed by atoms with van der Waals surface area (Å²) in [6, 6.07) is 10.4. The molecular weight excluding hydrogens is 312 g/mol. The van der Waals surface area contributed by atoms with Gasteiger partial charge in [0.15, 0.2) is 0 Å². The number of carbonyl (C=O) groups excluding carboxylic acids is 1. The normalized spacial score (nSPS) is 25.8. The Hall–Kier alpha value is -1.10. The van der Waals surface area contributed by atoms with Crippen LogP contribution in [-0.4, -0.2) is 37.7 Å². The largest absolute Gasteiger partial charge is 0.375 e. The van der Waals surface area contributed by atoms with Crippen LogP contribution in [0, 0.1) is 5.41 Å². The van der Waals surface area contributed by atoms with Gasteiger partial charge in [-0.05, 0) is 37.2 Å². The van der Waals surface area contributed by atoms with Gasteiger partial charge in [-0.2, -0.15) is 0 Å². The quantitative estimate of drug-likeness (QED) is 0.866. The van der Waals surface area contributed by atoms with Crippen LogP contribution in [0.4, 0.5) is 0 Å². The van der Waals surface area contributed by atoms with E-state index in [4.69, 9.17) is 4.74 Å². The lowest BCUT2D eigenvalue weighted by molar-refractivity contribution is -0.129. The summed E-state index contributed by atoms with van der Waals surface area (Å²) in [4.78, 5) is 12.4. The number of hydrogen-bond donors (Lipinski definition) is 2. The summed E-state index contributed by atoms with van der Waals surface area (Å²) >= 11 is 0. The first-order valence-corrected chi connectivity index (χ1v) is 8.35. The van der Waals surface area contributed by atoms with Gasteiger partial charge in [0.1, 0.15) is 6.04 Å². The molecule has 128 valence electrons. The zero-order valence-corrected chi connectivity index (χ0v) is 14.5. The van der Waals surface area contributed by atoms with Crippen LogP contribution in [0.2, 0.25) is 0 Å². The van der Waals surface area contributed by atoms with Crippen LogP contribution in [0.25, 0.3) is 0 Å². The second kappa shape index (κ2) is 8.13. The molecule has 1 saturated carbocycles. The molecule has 0 spiro atoms. The molecule has 2 N–H and O–H groups in total. The van der Waals surface area contributed by atoms with Gasteiger partial charge in [0.05, 0.1) is 12.7 Å². The molecule has 1 saturated heterocycles. The van der Waals surface area contributed by atoms with E-state index in [-0.39, 0.29) is 35.9 Å². The van der Waals surface area contributed by atoms with Crippen molar-refractivity contribution >= 4 is 18.3 Å². The summed E-state index contributed by atoms with van der Waals surface area (Å²) in [7, 11) is 0. The maximum absolute atomic E-state index is 12.4. The number of morpholine rings is 1. The lowest BCUT2D eigenvalue weighted by Gasteiger charge is -2.43. The lowest BCUT2D eigenvalue weighted by Crippen LogP contribution is -2.57. The van der Waals surface area contributed by atoms with E-state index in [1.807, 2.05) is 6.92 Å². The topological polar surface area (TPSA) is 50.4 Å². The third kappa shape index (κ3) is 4.46. The van der Waals surface area contributed by atoms with Gasteiger partial charge in [0.25, 0.3) is 0 Å². The lowest BCUT2D eigenvalue weighted by atomic mass is 9.65. The van der Waals surface area contributed by atoms with Crippen molar-refractivity contribution < 1.29 is 9.53 Å². The molecule has 3 rings (SSSR count). The van der Waals surface area contributed by atoms with Gasteiger partial charge in [0.2, 0.25) is 5.91 Å². The Morgan fingerprint density at radius 2 is 2.09 bits per heavy atom. The Kier molecular flexibility index (Phi) is 6.45. The van der Waals surface area contributed by atoms with Crippen molar-refractivity contribution in [2.24, 2.45) is 5.41 Å². The molecule has 1 amide bonds. The molecule has 4 nitrogen and oxygen atoms in total. The molecule has 23 heavy (non-hydrogen) atoms. The highest BCUT2D eigenvalue weighted by atomic mass is 35.5. The molecule has 0 bridgehead atoms. The van der Waals surface area contributed by atoms with E-state index < -0.39 is 0 Å². The van der Waals surface area contributed by atoms with Gasteiger partial charge in [-0.15, -0.1) is 12.4 Å². The summed E-state index contributed by atoms with van der Waals surface area (Å²) < 4.78 is 5.56. The van der Waals surface area contributed by atoms with E-state index in [1.165, 1.54) is 24.8 Å². The number of nitrogens with one attached hydrogen (secondary N) is 2.